The molecule has 13 heteroatoms. The molecule has 0 radical (unpaired) electrons. The zero-order chi connectivity index (χ0) is 31.5. The van der Waals surface area contributed by atoms with Crippen LogP contribution < -0.4 is 10.1 Å². The van der Waals surface area contributed by atoms with Crippen LogP contribution in [0.3, 0.4) is 0 Å². The number of carbonyl (C=O) groups is 1. The van der Waals surface area contributed by atoms with E-state index in [1.54, 1.807) is 34.9 Å². The number of imidazole rings is 1. The molecule has 10 nitrogen and oxygen atoms in total. The van der Waals surface area contributed by atoms with Crippen molar-refractivity contribution in [2.45, 2.75) is 13.3 Å². The summed E-state index contributed by atoms with van der Waals surface area (Å²) in [5, 5.41) is 12.1. The third-order valence-corrected chi connectivity index (χ3v) is 8.72. The number of aromatic nitrogens is 3. The molecule has 0 spiro atoms. The first kappa shape index (κ1) is 30.7. The van der Waals surface area contributed by atoms with Crippen molar-refractivity contribution in [1.82, 2.24) is 29.1 Å². The zero-order valence-electron chi connectivity index (χ0n) is 24.8. The van der Waals surface area contributed by atoms with Gasteiger partial charge >= 0.3 is 0 Å². The van der Waals surface area contributed by atoms with Crippen molar-refractivity contribution in [2.24, 2.45) is 5.92 Å². The summed E-state index contributed by atoms with van der Waals surface area (Å²) in [6.07, 6.45) is 5.78. The second-order valence-electron chi connectivity index (χ2n) is 11.4. The summed E-state index contributed by atoms with van der Waals surface area (Å²) in [7, 11) is 0. The number of rotatable bonds is 9. The number of halogens is 3. The van der Waals surface area contributed by atoms with E-state index in [4.69, 9.17) is 21.6 Å². The Kier molecular flexibility index (Phi) is 9.11. The molecule has 2 aliphatic rings. The molecule has 2 saturated heterocycles. The number of amides is 1. The molecule has 1 unspecified atom stereocenters. The van der Waals surface area contributed by atoms with Gasteiger partial charge in [0.1, 0.15) is 6.07 Å². The Morgan fingerprint density at radius 3 is 2.62 bits per heavy atom. The average molecular weight is 635 g/mol. The first-order valence-corrected chi connectivity index (χ1v) is 15.3. The fourth-order valence-corrected chi connectivity index (χ4v) is 6.18. The number of hydrogen-bond donors (Lipinski definition) is 1. The monoisotopic (exact) mass is 634 g/mol. The fraction of sp³-hybridized carbons (Fsp3) is 0.375. The predicted octanol–water partition coefficient (Wildman–Crippen LogP) is 5.07. The van der Waals surface area contributed by atoms with E-state index in [2.05, 4.69) is 32.0 Å². The molecule has 2 aromatic heterocycles. The van der Waals surface area contributed by atoms with Crippen molar-refractivity contribution < 1.29 is 18.3 Å². The summed E-state index contributed by atoms with van der Waals surface area (Å²) in [5.41, 5.74) is 1.64. The Hall–Kier alpha value is -4.31. The van der Waals surface area contributed by atoms with Gasteiger partial charge in [-0.1, -0.05) is 18.5 Å². The topological polar surface area (TPSA) is 102 Å². The maximum atomic E-state index is 15.0. The highest BCUT2D eigenvalue weighted by Gasteiger charge is 2.25. The van der Waals surface area contributed by atoms with Crippen molar-refractivity contribution in [3.8, 4) is 23.1 Å². The standard InChI is InChI=1S/C32H33ClF2N8O2/c1-21-6-9-41(20-21)12-11-40-13-15-42(16-14-40)32(44)23-3-2-22(18-25(23)33)39-30-31-38-19-26(43(31)10-8-37-30)24-4-5-27(45-17-7-36)29(35)28(24)34/h2-5,8,10,18-19,21H,6,9,11-17,20H2,1H3,(H,37,39). The van der Waals surface area contributed by atoms with Crippen LogP contribution in [-0.2, 0) is 0 Å². The molecule has 1 N–H and O–H groups in total. The summed E-state index contributed by atoms with van der Waals surface area (Å²) >= 11 is 6.60. The van der Waals surface area contributed by atoms with E-state index in [1.165, 1.54) is 44.0 Å². The number of carbonyl (C=O) groups excluding carboxylic acids is 1. The number of likely N-dealkylation sites (tertiary alicyclic amines) is 1. The summed E-state index contributed by atoms with van der Waals surface area (Å²) in [6.45, 7) is 9.32. The van der Waals surface area contributed by atoms with Gasteiger partial charge in [-0.3, -0.25) is 14.1 Å². The molecule has 234 valence electrons. The van der Waals surface area contributed by atoms with Crippen molar-refractivity contribution in [2.75, 3.05) is 64.3 Å². The molecule has 4 heterocycles. The molecule has 0 bridgehead atoms. The molecule has 1 atom stereocenters. The van der Waals surface area contributed by atoms with Crippen LogP contribution in [0.1, 0.15) is 23.7 Å². The van der Waals surface area contributed by atoms with E-state index in [-0.39, 0.29) is 17.2 Å². The average Bonchev–Trinajstić information content (AvgIpc) is 3.67. The Labute approximate surface area is 264 Å². The van der Waals surface area contributed by atoms with Gasteiger partial charge < -0.3 is 19.9 Å². The highest BCUT2D eigenvalue weighted by Crippen LogP contribution is 2.32. The maximum Gasteiger partial charge on any atom is 0.255 e. The van der Waals surface area contributed by atoms with Crippen LogP contribution in [0.2, 0.25) is 5.02 Å². The lowest BCUT2D eigenvalue weighted by Gasteiger charge is -2.35. The first-order chi connectivity index (χ1) is 21.8. The van der Waals surface area contributed by atoms with Crippen LogP contribution in [-0.4, -0.2) is 93.9 Å². The van der Waals surface area contributed by atoms with Gasteiger partial charge in [0.2, 0.25) is 5.82 Å². The number of fused-ring (bicyclic) bond motifs is 1. The summed E-state index contributed by atoms with van der Waals surface area (Å²) in [5.74, 6) is -1.63. The molecule has 1 amide bonds. The van der Waals surface area contributed by atoms with E-state index in [9.17, 15) is 13.6 Å². The normalized spacial score (nSPS) is 17.5. The van der Waals surface area contributed by atoms with Gasteiger partial charge in [0.05, 0.1) is 22.5 Å². The van der Waals surface area contributed by atoms with E-state index < -0.39 is 18.2 Å². The highest BCUT2D eigenvalue weighted by atomic mass is 35.5. The van der Waals surface area contributed by atoms with Gasteiger partial charge in [-0.15, -0.1) is 0 Å². The van der Waals surface area contributed by atoms with Crippen molar-refractivity contribution in [1.29, 1.82) is 5.26 Å². The molecule has 2 fully saturated rings. The molecule has 6 rings (SSSR count). The lowest BCUT2D eigenvalue weighted by atomic mass is 10.1. The quantitative estimate of drug-likeness (QED) is 0.272. The molecule has 4 aromatic rings. The molecular formula is C32H33ClF2N8O2. The Morgan fingerprint density at radius 2 is 1.89 bits per heavy atom. The molecule has 2 aliphatic heterocycles. The van der Waals surface area contributed by atoms with Crippen molar-refractivity contribution >= 4 is 34.7 Å². The number of anilines is 2. The van der Waals surface area contributed by atoms with E-state index in [1.807, 2.05) is 4.90 Å². The SMILES string of the molecule is CC1CCN(CCN2CCN(C(=O)c3ccc(Nc4nccn5c(-c6ccc(OCC#N)c(F)c6F)cnc45)cc3Cl)CC2)C1. The number of nitriles is 1. The third kappa shape index (κ3) is 6.56. The predicted molar refractivity (Wildman–Crippen MR) is 167 cm³/mol. The van der Waals surface area contributed by atoms with Crippen molar-refractivity contribution in [3.05, 3.63) is 71.1 Å². The Morgan fingerprint density at radius 1 is 1.09 bits per heavy atom. The highest BCUT2D eigenvalue weighted by molar-refractivity contribution is 6.34. The second kappa shape index (κ2) is 13.4. The van der Waals surface area contributed by atoms with Gasteiger partial charge in [0.15, 0.2) is 29.6 Å². The fourth-order valence-electron chi connectivity index (χ4n) is 5.92. The maximum absolute atomic E-state index is 15.0. The summed E-state index contributed by atoms with van der Waals surface area (Å²) < 4.78 is 36.1. The zero-order valence-corrected chi connectivity index (χ0v) is 25.6. The third-order valence-electron chi connectivity index (χ3n) is 8.41. The number of hydrogen-bond acceptors (Lipinski definition) is 8. The Bertz CT molecular complexity index is 1750. The lowest BCUT2D eigenvalue weighted by molar-refractivity contribution is 0.0626. The van der Waals surface area contributed by atoms with E-state index in [0.29, 0.717) is 46.5 Å². The number of benzene rings is 2. The number of nitrogens with zero attached hydrogens (tertiary/aromatic N) is 7. The summed E-state index contributed by atoms with van der Waals surface area (Å²) in [4.78, 5) is 28.9. The van der Waals surface area contributed by atoms with Crippen LogP contribution in [0, 0.1) is 28.9 Å². The molecule has 45 heavy (non-hydrogen) atoms. The first-order valence-electron chi connectivity index (χ1n) is 14.9. The molecule has 0 aliphatic carbocycles. The van der Waals surface area contributed by atoms with Crippen LogP contribution in [0.4, 0.5) is 20.3 Å². The second-order valence-corrected chi connectivity index (χ2v) is 11.9. The van der Waals surface area contributed by atoms with E-state index in [0.717, 1.165) is 32.1 Å². The van der Waals surface area contributed by atoms with E-state index >= 15 is 0 Å². The van der Waals surface area contributed by atoms with Gasteiger partial charge in [0, 0.05) is 69.5 Å². The van der Waals surface area contributed by atoms with Gasteiger partial charge in [-0.25, -0.2) is 14.4 Å². The minimum absolute atomic E-state index is 0.0329. The minimum atomic E-state index is -1.19. The smallest absolute Gasteiger partial charge is 0.255 e. The number of piperazine rings is 1. The van der Waals surface area contributed by atoms with Crippen LogP contribution in [0.5, 0.6) is 5.75 Å². The van der Waals surface area contributed by atoms with Gasteiger partial charge in [-0.05, 0) is 49.2 Å². The largest absolute Gasteiger partial charge is 0.476 e. The Balaban J connectivity index is 1.11. The summed E-state index contributed by atoms with van der Waals surface area (Å²) in [6, 6.07) is 9.46. The minimum Gasteiger partial charge on any atom is -0.476 e. The lowest BCUT2D eigenvalue weighted by Crippen LogP contribution is -2.50. The molecular weight excluding hydrogens is 602 g/mol. The number of ether oxygens (including phenoxy) is 1. The van der Waals surface area contributed by atoms with Gasteiger partial charge in [-0.2, -0.15) is 9.65 Å². The van der Waals surface area contributed by atoms with Crippen LogP contribution in [0.15, 0.2) is 48.9 Å². The van der Waals surface area contributed by atoms with Crippen LogP contribution in [0.25, 0.3) is 16.9 Å². The molecule has 2 aromatic carbocycles. The van der Waals surface area contributed by atoms with Gasteiger partial charge in [0.25, 0.3) is 5.91 Å². The number of nitrogens with one attached hydrogen (secondary N) is 1. The van der Waals surface area contributed by atoms with Crippen LogP contribution >= 0.6 is 11.6 Å². The molecule has 0 saturated carbocycles. The van der Waals surface area contributed by atoms with Crippen molar-refractivity contribution in [3.63, 3.8) is 0 Å².